The summed E-state index contributed by atoms with van der Waals surface area (Å²) < 4.78 is 12.8. The van der Waals surface area contributed by atoms with Gasteiger partial charge in [0.25, 0.3) is 0 Å². The Morgan fingerprint density at radius 1 is 1.30 bits per heavy atom. The van der Waals surface area contributed by atoms with Crippen molar-refractivity contribution in [2.24, 2.45) is 11.7 Å². The van der Waals surface area contributed by atoms with E-state index in [0.717, 1.165) is 24.2 Å². The van der Waals surface area contributed by atoms with Gasteiger partial charge in [-0.2, -0.15) is 0 Å². The molecule has 5 heteroatoms. The number of rotatable bonds is 4. The van der Waals surface area contributed by atoms with Crippen molar-refractivity contribution in [3.8, 4) is 0 Å². The molecule has 1 fully saturated rings. The molecule has 2 rings (SSSR count). The largest absolute Gasteiger partial charge is 0.327 e. The van der Waals surface area contributed by atoms with Crippen LogP contribution in [0.5, 0.6) is 0 Å². The highest BCUT2D eigenvalue weighted by Gasteiger charge is 2.32. The molecular weight excluding hydrogens is 313 g/mol. The molecule has 0 aliphatic heterocycles. The first-order valence-electron chi connectivity index (χ1n) is 7.14. The number of hydrogen-bond donors (Lipinski definition) is 1. The second-order valence-corrected chi connectivity index (χ2v) is 8.03. The van der Waals surface area contributed by atoms with E-state index >= 15 is 0 Å². The van der Waals surface area contributed by atoms with Crippen LogP contribution in [0.25, 0.3) is 0 Å². The van der Waals surface area contributed by atoms with Crippen molar-refractivity contribution >= 4 is 34.0 Å². The summed E-state index contributed by atoms with van der Waals surface area (Å²) in [6.45, 7) is 2.19. The topological polar surface area (TPSA) is 43.1 Å². The lowest BCUT2D eigenvalue weighted by atomic mass is 9.83. The second kappa shape index (κ2) is 7.26. The molecule has 0 aromatic heterocycles. The van der Waals surface area contributed by atoms with E-state index in [2.05, 4.69) is 6.92 Å². The molecule has 0 amide bonds. The van der Waals surface area contributed by atoms with E-state index in [9.17, 15) is 4.21 Å². The molecular formula is C15H21Cl2NOS. The minimum atomic E-state index is -1.11. The Kier molecular flexibility index (Phi) is 5.91. The van der Waals surface area contributed by atoms with Gasteiger partial charge in [0, 0.05) is 10.9 Å². The molecule has 2 N–H and O–H groups in total. The van der Waals surface area contributed by atoms with Gasteiger partial charge in [-0.1, -0.05) is 43.0 Å². The maximum absolute atomic E-state index is 12.8. The summed E-state index contributed by atoms with van der Waals surface area (Å²) in [5.41, 5.74) is 6.19. The van der Waals surface area contributed by atoms with Crippen LogP contribution in [0.1, 0.15) is 39.0 Å². The van der Waals surface area contributed by atoms with E-state index in [1.54, 1.807) is 18.2 Å². The van der Waals surface area contributed by atoms with Gasteiger partial charge in [0.2, 0.25) is 0 Å². The van der Waals surface area contributed by atoms with Crippen molar-refractivity contribution in [1.82, 2.24) is 0 Å². The summed E-state index contributed by atoms with van der Waals surface area (Å²) in [6, 6.07) is 5.21. The van der Waals surface area contributed by atoms with E-state index in [1.165, 1.54) is 12.8 Å². The van der Waals surface area contributed by atoms with Crippen LogP contribution in [0.15, 0.2) is 23.1 Å². The van der Waals surface area contributed by atoms with Crippen molar-refractivity contribution in [1.29, 1.82) is 0 Å². The predicted molar refractivity (Wildman–Crippen MR) is 86.9 cm³/mol. The third kappa shape index (κ3) is 3.76. The van der Waals surface area contributed by atoms with Crippen molar-refractivity contribution < 1.29 is 4.21 Å². The van der Waals surface area contributed by atoms with Crippen LogP contribution >= 0.6 is 23.2 Å². The Hall–Kier alpha value is -0.0900. The van der Waals surface area contributed by atoms with Crippen LogP contribution in [0, 0.1) is 5.92 Å². The Morgan fingerprint density at radius 2 is 2.05 bits per heavy atom. The lowest BCUT2D eigenvalue weighted by molar-refractivity contribution is 0.313. The first kappa shape index (κ1) is 16.3. The second-order valence-electron chi connectivity index (χ2n) is 5.54. The quantitative estimate of drug-likeness (QED) is 0.887. The smallest absolute Gasteiger partial charge is 0.0604 e. The van der Waals surface area contributed by atoms with Gasteiger partial charge in [-0.3, -0.25) is 4.21 Å². The van der Waals surface area contributed by atoms with Gasteiger partial charge in [0.1, 0.15) is 0 Å². The van der Waals surface area contributed by atoms with E-state index in [-0.39, 0.29) is 11.3 Å². The molecule has 20 heavy (non-hydrogen) atoms. The maximum atomic E-state index is 12.8. The zero-order valence-electron chi connectivity index (χ0n) is 11.6. The molecule has 4 atom stereocenters. The molecule has 1 aromatic carbocycles. The van der Waals surface area contributed by atoms with Crippen LogP contribution in [0.4, 0.5) is 0 Å². The lowest BCUT2D eigenvalue weighted by Crippen LogP contribution is -2.43. The number of nitrogens with two attached hydrogens (primary N) is 1. The maximum Gasteiger partial charge on any atom is 0.0604 e. The molecule has 0 spiro atoms. The van der Waals surface area contributed by atoms with Crippen molar-refractivity contribution in [2.45, 2.75) is 55.2 Å². The van der Waals surface area contributed by atoms with Crippen LogP contribution in [-0.2, 0) is 10.8 Å². The fourth-order valence-electron chi connectivity index (χ4n) is 2.93. The Bertz CT molecular complexity index is 495. The van der Waals surface area contributed by atoms with Crippen molar-refractivity contribution in [3.63, 3.8) is 0 Å². The van der Waals surface area contributed by atoms with Gasteiger partial charge in [-0.15, -0.1) is 0 Å². The standard InChI is InChI=1S/C15H21Cl2NOS/c1-2-3-10-4-7-14(18)15(8-10)20(19)11-5-6-12(16)13(17)9-11/h5-6,9-10,14-15H,2-4,7-8,18H2,1H3. The molecule has 1 aliphatic carbocycles. The summed E-state index contributed by atoms with van der Waals surface area (Å²) in [6.07, 6.45) is 5.43. The highest BCUT2D eigenvalue weighted by molar-refractivity contribution is 7.85. The van der Waals surface area contributed by atoms with Crippen LogP contribution in [0.2, 0.25) is 10.0 Å². The van der Waals surface area contributed by atoms with Crippen molar-refractivity contribution in [2.75, 3.05) is 0 Å². The number of halogens is 2. The average Bonchev–Trinajstić information content (AvgIpc) is 2.43. The minimum absolute atomic E-state index is 0.0124. The molecule has 2 nitrogen and oxygen atoms in total. The molecule has 1 aromatic rings. The summed E-state index contributed by atoms with van der Waals surface area (Å²) in [5.74, 6) is 0.650. The minimum Gasteiger partial charge on any atom is -0.327 e. The van der Waals surface area contributed by atoms with Gasteiger partial charge >= 0.3 is 0 Å². The fraction of sp³-hybridized carbons (Fsp3) is 0.600. The Balaban J connectivity index is 2.15. The predicted octanol–water partition coefficient (Wildman–Crippen LogP) is 4.40. The first-order chi connectivity index (χ1) is 9.52. The van der Waals surface area contributed by atoms with E-state index in [1.807, 2.05) is 0 Å². The van der Waals surface area contributed by atoms with Gasteiger partial charge in [-0.05, 0) is 43.4 Å². The zero-order chi connectivity index (χ0) is 14.7. The highest BCUT2D eigenvalue weighted by atomic mass is 35.5. The van der Waals surface area contributed by atoms with Crippen LogP contribution in [0.3, 0.4) is 0 Å². The molecule has 0 radical (unpaired) electrons. The molecule has 0 bridgehead atoms. The SMILES string of the molecule is CCCC1CCC(N)C(S(=O)c2ccc(Cl)c(Cl)c2)C1. The van der Waals surface area contributed by atoms with Crippen LogP contribution < -0.4 is 5.73 Å². The van der Waals surface area contributed by atoms with Gasteiger partial charge in [0.15, 0.2) is 0 Å². The normalized spacial score (nSPS) is 28.3. The summed E-state index contributed by atoms with van der Waals surface area (Å²) in [4.78, 5) is 0.733. The van der Waals surface area contributed by atoms with E-state index < -0.39 is 10.8 Å². The Morgan fingerprint density at radius 3 is 2.70 bits per heavy atom. The average molecular weight is 334 g/mol. The Labute approximate surface area is 133 Å². The van der Waals surface area contributed by atoms with E-state index in [4.69, 9.17) is 28.9 Å². The molecule has 1 saturated carbocycles. The van der Waals surface area contributed by atoms with Gasteiger partial charge < -0.3 is 5.73 Å². The van der Waals surface area contributed by atoms with E-state index in [0.29, 0.717) is 16.0 Å². The first-order valence-corrected chi connectivity index (χ1v) is 9.11. The molecule has 4 unspecified atom stereocenters. The zero-order valence-corrected chi connectivity index (χ0v) is 14.0. The van der Waals surface area contributed by atoms with Crippen molar-refractivity contribution in [3.05, 3.63) is 28.2 Å². The highest BCUT2D eigenvalue weighted by Crippen LogP contribution is 2.33. The monoisotopic (exact) mass is 333 g/mol. The lowest BCUT2D eigenvalue weighted by Gasteiger charge is -2.33. The molecule has 1 aliphatic rings. The van der Waals surface area contributed by atoms with Crippen LogP contribution in [-0.4, -0.2) is 15.5 Å². The number of benzene rings is 1. The third-order valence-electron chi connectivity index (χ3n) is 4.05. The molecule has 112 valence electrons. The summed E-state index contributed by atoms with van der Waals surface area (Å²) in [5, 5.41) is 0.966. The molecule has 0 saturated heterocycles. The fourth-order valence-corrected chi connectivity index (χ4v) is 4.98. The number of hydrogen-bond acceptors (Lipinski definition) is 2. The molecule has 0 heterocycles. The third-order valence-corrected chi connectivity index (χ3v) is 6.60. The van der Waals surface area contributed by atoms with Gasteiger partial charge in [0.05, 0.1) is 26.1 Å². The summed E-state index contributed by atoms with van der Waals surface area (Å²) in [7, 11) is -1.11. The van der Waals surface area contributed by atoms with Gasteiger partial charge in [-0.25, -0.2) is 0 Å². The summed E-state index contributed by atoms with van der Waals surface area (Å²) >= 11 is 11.9.